The van der Waals surface area contributed by atoms with Gasteiger partial charge in [0.15, 0.2) is 0 Å². The highest BCUT2D eigenvalue weighted by Crippen LogP contribution is 2.35. The van der Waals surface area contributed by atoms with E-state index in [0.29, 0.717) is 0 Å². The zero-order valence-corrected chi connectivity index (χ0v) is 7.26. The van der Waals surface area contributed by atoms with Gasteiger partial charge in [0, 0.05) is 0 Å². The van der Waals surface area contributed by atoms with E-state index in [-0.39, 0.29) is 0 Å². The summed E-state index contributed by atoms with van der Waals surface area (Å²) in [6.07, 6.45) is 15.0. The first-order valence-corrected chi connectivity index (χ1v) is 5.08. The lowest BCUT2D eigenvalue weighted by molar-refractivity contribution is 0.388. The Kier molecular flexibility index (Phi) is 2.50. The molecular formula is C11H18. The van der Waals surface area contributed by atoms with Gasteiger partial charge in [-0.3, -0.25) is 0 Å². The standard InChI is InChI=1S/C11H18/c1-2-6-10(5-1)9-11-7-3-4-8-11/h1,3,10-11H,2,4-9H2. The Labute approximate surface area is 70.4 Å². The minimum absolute atomic E-state index is 1.06. The predicted octanol–water partition coefficient (Wildman–Crippen LogP) is 3.39. The van der Waals surface area contributed by atoms with Crippen LogP contribution in [0.1, 0.15) is 44.9 Å². The molecule has 0 aliphatic heterocycles. The normalized spacial score (nSPS) is 28.4. The van der Waals surface area contributed by atoms with E-state index in [4.69, 9.17) is 0 Å². The second-order valence-corrected chi connectivity index (χ2v) is 4.17. The largest absolute Gasteiger partial charge is 0.0502 e. The summed E-state index contributed by atoms with van der Waals surface area (Å²) in [5.41, 5.74) is 0. The van der Waals surface area contributed by atoms with Gasteiger partial charge in [0.25, 0.3) is 0 Å². The van der Waals surface area contributed by atoms with Crippen molar-refractivity contribution in [3.63, 3.8) is 0 Å². The quantitative estimate of drug-likeness (QED) is 0.566. The molecule has 2 fully saturated rings. The maximum Gasteiger partial charge on any atom is -0.0383 e. The van der Waals surface area contributed by atoms with E-state index in [1.54, 1.807) is 0 Å². The summed E-state index contributed by atoms with van der Waals surface area (Å²) >= 11 is 0. The van der Waals surface area contributed by atoms with Crippen LogP contribution in [0.15, 0.2) is 0 Å². The molecule has 0 saturated heterocycles. The average molecular weight is 150 g/mol. The molecule has 0 aromatic rings. The zero-order chi connectivity index (χ0) is 7.52. The van der Waals surface area contributed by atoms with Gasteiger partial charge in [-0.15, -0.1) is 0 Å². The molecule has 2 unspecified atom stereocenters. The van der Waals surface area contributed by atoms with Crippen molar-refractivity contribution in [2.24, 2.45) is 11.8 Å². The first kappa shape index (κ1) is 7.64. The Morgan fingerprint density at radius 1 is 0.909 bits per heavy atom. The fourth-order valence-corrected chi connectivity index (χ4v) is 2.55. The Morgan fingerprint density at radius 2 is 1.45 bits per heavy atom. The van der Waals surface area contributed by atoms with Crippen LogP contribution in [0.5, 0.6) is 0 Å². The van der Waals surface area contributed by atoms with Crippen molar-refractivity contribution in [1.29, 1.82) is 0 Å². The summed E-state index contributed by atoms with van der Waals surface area (Å²) in [6.45, 7) is 0. The fourth-order valence-electron chi connectivity index (χ4n) is 2.55. The van der Waals surface area contributed by atoms with Crippen LogP contribution in [0.4, 0.5) is 0 Å². The summed E-state index contributed by atoms with van der Waals surface area (Å²) in [4.78, 5) is 0. The smallest absolute Gasteiger partial charge is 0.0383 e. The molecular weight excluding hydrogens is 132 g/mol. The van der Waals surface area contributed by atoms with Gasteiger partial charge < -0.3 is 0 Å². The molecule has 0 aromatic carbocycles. The summed E-state index contributed by atoms with van der Waals surface area (Å²) in [6, 6.07) is 0. The highest BCUT2D eigenvalue weighted by Gasteiger charge is 2.22. The van der Waals surface area contributed by atoms with E-state index in [1.165, 1.54) is 44.9 Å². The van der Waals surface area contributed by atoms with Gasteiger partial charge in [0.2, 0.25) is 0 Å². The van der Waals surface area contributed by atoms with Crippen LogP contribution in [-0.2, 0) is 0 Å². The molecule has 0 aromatic heterocycles. The minimum atomic E-state index is 1.06. The van der Waals surface area contributed by atoms with Gasteiger partial charge in [0.1, 0.15) is 0 Å². The van der Waals surface area contributed by atoms with E-state index in [9.17, 15) is 0 Å². The second kappa shape index (κ2) is 3.60. The lowest BCUT2D eigenvalue weighted by Gasteiger charge is -2.13. The summed E-state index contributed by atoms with van der Waals surface area (Å²) < 4.78 is 0. The Hall–Kier alpha value is 0. The third-order valence-electron chi connectivity index (χ3n) is 3.22. The molecule has 2 saturated carbocycles. The van der Waals surface area contributed by atoms with Crippen molar-refractivity contribution < 1.29 is 0 Å². The predicted molar refractivity (Wildman–Crippen MR) is 47.9 cm³/mol. The molecule has 0 amide bonds. The van der Waals surface area contributed by atoms with Crippen LogP contribution in [0, 0.1) is 24.7 Å². The molecule has 2 radical (unpaired) electrons. The van der Waals surface area contributed by atoms with Crippen LogP contribution in [-0.4, -0.2) is 0 Å². The van der Waals surface area contributed by atoms with E-state index in [0.717, 1.165) is 11.8 Å². The van der Waals surface area contributed by atoms with Crippen LogP contribution >= 0.6 is 0 Å². The van der Waals surface area contributed by atoms with E-state index in [2.05, 4.69) is 12.8 Å². The molecule has 0 heterocycles. The highest BCUT2D eigenvalue weighted by atomic mass is 14.3. The van der Waals surface area contributed by atoms with Crippen molar-refractivity contribution in [3.8, 4) is 0 Å². The molecule has 11 heavy (non-hydrogen) atoms. The third-order valence-corrected chi connectivity index (χ3v) is 3.22. The topological polar surface area (TPSA) is 0 Å². The van der Waals surface area contributed by atoms with Crippen LogP contribution in [0.25, 0.3) is 0 Å². The Balaban J connectivity index is 1.71. The molecule has 2 atom stereocenters. The van der Waals surface area contributed by atoms with E-state index in [1.807, 2.05) is 0 Å². The molecule has 0 N–H and O–H groups in total. The molecule has 0 nitrogen and oxygen atoms in total. The fraction of sp³-hybridized carbons (Fsp3) is 0.818. The molecule has 2 aliphatic carbocycles. The number of hydrogen-bond acceptors (Lipinski definition) is 0. The van der Waals surface area contributed by atoms with Gasteiger partial charge >= 0.3 is 0 Å². The van der Waals surface area contributed by atoms with Gasteiger partial charge in [-0.1, -0.05) is 12.8 Å². The van der Waals surface area contributed by atoms with Crippen LogP contribution < -0.4 is 0 Å². The SMILES string of the molecule is [CH]1CCC(CC2C[CH]CC2)C1. The molecule has 2 rings (SSSR count). The first-order chi connectivity index (χ1) is 5.45. The van der Waals surface area contributed by atoms with Crippen molar-refractivity contribution in [2.75, 3.05) is 0 Å². The Bertz CT molecular complexity index is 91.2. The third kappa shape index (κ3) is 1.98. The van der Waals surface area contributed by atoms with Gasteiger partial charge in [-0.25, -0.2) is 0 Å². The number of rotatable bonds is 2. The molecule has 0 bridgehead atoms. The maximum atomic E-state index is 2.48. The summed E-state index contributed by atoms with van der Waals surface area (Å²) in [7, 11) is 0. The summed E-state index contributed by atoms with van der Waals surface area (Å²) in [5.74, 6) is 2.12. The van der Waals surface area contributed by atoms with E-state index >= 15 is 0 Å². The molecule has 62 valence electrons. The maximum absolute atomic E-state index is 2.48. The second-order valence-electron chi connectivity index (χ2n) is 4.17. The lowest BCUT2D eigenvalue weighted by Crippen LogP contribution is -2.01. The van der Waals surface area contributed by atoms with Crippen LogP contribution in [0.3, 0.4) is 0 Å². The monoisotopic (exact) mass is 150 g/mol. The summed E-state index contributed by atoms with van der Waals surface area (Å²) in [5, 5.41) is 0. The van der Waals surface area contributed by atoms with Crippen molar-refractivity contribution >= 4 is 0 Å². The molecule has 2 aliphatic rings. The van der Waals surface area contributed by atoms with Gasteiger partial charge in [-0.05, 0) is 56.8 Å². The van der Waals surface area contributed by atoms with Crippen LogP contribution in [0.2, 0.25) is 0 Å². The molecule has 0 spiro atoms. The highest BCUT2D eigenvalue weighted by molar-refractivity contribution is 4.86. The Morgan fingerprint density at radius 3 is 1.82 bits per heavy atom. The zero-order valence-electron chi connectivity index (χ0n) is 7.26. The van der Waals surface area contributed by atoms with Crippen molar-refractivity contribution in [2.45, 2.75) is 44.9 Å². The lowest BCUT2D eigenvalue weighted by atomic mass is 9.92. The number of hydrogen-bond donors (Lipinski definition) is 0. The van der Waals surface area contributed by atoms with E-state index < -0.39 is 0 Å². The van der Waals surface area contributed by atoms with Gasteiger partial charge in [-0.2, -0.15) is 0 Å². The van der Waals surface area contributed by atoms with Crippen molar-refractivity contribution in [1.82, 2.24) is 0 Å². The van der Waals surface area contributed by atoms with Crippen molar-refractivity contribution in [3.05, 3.63) is 12.8 Å². The molecule has 0 heteroatoms. The van der Waals surface area contributed by atoms with Gasteiger partial charge in [0.05, 0.1) is 0 Å². The minimum Gasteiger partial charge on any atom is -0.0502 e. The first-order valence-electron chi connectivity index (χ1n) is 5.08. The average Bonchev–Trinajstić information content (AvgIpc) is 2.60.